The van der Waals surface area contributed by atoms with Gasteiger partial charge in [0.15, 0.2) is 0 Å². The van der Waals surface area contributed by atoms with Gasteiger partial charge in [-0.1, -0.05) is 18.2 Å². The number of amides is 1. The fourth-order valence-electron chi connectivity index (χ4n) is 2.15. The molecular weight excluding hydrogens is 269 g/mol. The van der Waals surface area contributed by atoms with E-state index in [2.05, 4.69) is 15.3 Å². The number of fused-ring (bicyclic) bond motifs is 1. The van der Waals surface area contributed by atoms with Crippen LogP contribution >= 0.6 is 0 Å². The number of H-pyrrole nitrogens is 1. The Morgan fingerprint density at radius 3 is 2.86 bits per heavy atom. The van der Waals surface area contributed by atoms with E-state index >= 15 is 0 Å². The van der Waals surface area contributed by atoms with E-state index in [9.17, 15) is 9.18 Å². The van der Waals surface area contributed by atoms with E-state index in [1.165, 1.54) is 18.2 Å². The second-order valence-electron chi connectivity index (χ2n) is 4.72. The summed E-state index contributed by atoms with van der Waals surface area (Å²) >= 11 is 0. The van der Waals surface area contributed by atoms with Gasteiger partial charge in [-0.05, 0) is 30.3 Å². The van der Waals surface area contributed by atoms with E-state index < -0.39 is 5.82 Å². The number of benzene rings is 2. The first-order valence-electron chi connectivity index (χ1n) is 6.70. The second-order valence-corrected chi connectivity index (χ2v) is 4.72. The molecule has 21 heavy (non-hydrogen) atoms. The lowest BCUT2D eigenvalue weighted by molar-refractivity contribution is 0.0953. The highest BCUT2D eigenvalue weighted by Gasteiger charge is 2.07. The van der Waals surface area contributed by atoms with Crippen LogP contribution in [0.15, 0.2) is 48.5 Å². The van der Waals surface area contributed by atoms with Crippen molar-refractivity contribution in [3.8, 4) is 0 Å². The molecule has 0 atom stereocenters. The number of para-hydroxylation sites is 2. The van der Waals surface area contributed by atoms with Gasteiger partial charge in [0.05, 0.1) is 11.0 Å². The summed E-state index contributed by atoms with van der Waals surface area (Å²) in [6.45, 7) is 0.440. The largest absolute Gasteiger partial charge is 0.352 e. The Balaban J connectivity index is 1.59. The first-order chi connectivity index (χ1) is 10.2. The van der Waals surface area contributed by atoms with Gasteiger partial charge in [0.1, 0.15) is 11.6 Å². The predicted octanol–water partition coefficient (Wildman–Crippen LogP) is 2.67. The van der Waals surface area contributed by atoms with Crippen LogP contribution in [0.4, 0.5) is 4.39 Å². The van der Waals surface area contributed by atoms with Crippen LogP contribution in [0.3, 0.4) is 0 Å². The van der Waals surface area contributed by atoms with Crippen LogP contribution in [0.2, 0.25) is 0 Å². The van der Waals surface area contributed by atoms with Crippen molar-refractivity contribution < 1.29 is 9.18 Å². The SMILES string of the molecule is O=C(NCCc1nc2ccccc2[nH]1)c1cccc(F)c1. The summed E-state index contributed by atoms with van der Waals surface area (Å²) in [4.78, 5) is 19.5. The molecule has 0 spiro atoms. The summed E-state index contributed by atoms with van der Waals surface area (Å²) in [5.41, 5.74) is 2.20. The second kappa shape index (κ2) is 5.75. The number of aromatic amines is 1. The van der Waals surface area contributed by atoms with Crippen molar-refractivity contribution in [3.05, 3.63) is 65.7 Å². The maximum Gasteiger partial charge on any atom is 0.251 e. The summed E-state index contributed by atoms with van der Waals surface area (Å²) in [5, 5.41) is 2.75. The molecule has 0 aliphatic heterocycles. The number of imidazole rings is 1. The van der Waals surface area contributed by atoms with Gasteiger partial charge in [-0.3, -0.25) is 4.79 Å². The zero-order chi connectivity index (χ0) is 14.7. The average molecular weight is 283 g/mol. The topological polar surface area (TPSA) is 57.8 Å². The van der Waals surface area contributed by atoms with Gasteiger partial charge in [0, 0.05) is 18.5 Å². The third-order valence-corrected chi connectivity index (χ3v) is 3.17. The minimum absolute atomic E-state index is 0.286. The molecule has 0 unspecified atom stereocenters. The summed E-state index contributed by atoms with van der Waals surface area (Å²) in [6.07, 6.45) is 0.593. The van der Waals surface area contributed by atoms with E-state index in [-0.39, 0.29) is 5.91 Å². The Morgan fingerprint density at radius 1 is 1.19 bits per heavy atom. The van der Waals surface area contributed by atoms with Gasteiger partial charge in [-0.25, -0.2) is 9.37 Å². The highest BCUT2D eigenvalue weighted by atomic mass is 19.1. The first kappa shape index (κ1) is 13.3. The molecule has 5 heteroatoms. The van der Waals surface area contributed by atoms with Gasteiger partial charge in [-0.2, -0.15) is 0 Å². The molecule has 0 saturated heterocycles. The lowest BCUT2D eigenvalue weighted by atomic mass is 10.2. The van der Waals surface area contributed by atoms with Crippen molar-refractivity contribution in [2.75, 3.05) is 6.54 Å². The highest BCUT2D eigenvalue weighted by molar-refractivity contribution is 5.94. The van der Waals surface area contributed by atoms with Crippen molar-refractivity contribution in [2.24, 2.45) is 0 Å². The number of nitrogens with zero attached hydrogens (tertiary/aromatic N) is 1. The molecule has 106 valence electrons. The van der Waals surface area contributed by atoms with Gasteiger partial charge in [-0.15, -0.1) is 0 Å². The zero-order valence-electron chi connectivity index (χ0n) is 11.3. The van der Waals surface area contributed by atoms with Crippen LogP contribution in [-0.4, -0.2) is 22.4 Å². The van der Waals surface area contributed by atoms with E-state index in [1.54, 1.807) is 6.07 Å². The lowest BCUT2D eigenvalue weighted by Crippen LogP contribution is -2.26. The van der Waals surface area contributed by atoms with Gasteiger partial charge in [0.25, 0.3) is 5.91 Å². The lowest BCUT2D eigenvalue weighted by Gasteiger charge is -2.03. The quantitative estimate of drug-likeness (QED) is 0.773. The molecule has 4 nitrogen and oxygen atoms in total. The Bertz CT molecular complexity index is 749. The molecule has 2 aromatic carbocycles. The van der Waals surface area contributed by atoms with Crippen molar-refractivity contribution in [1.82, 2.24) is 15.3 Å². The molecule has 0 bridgehead atoms. The fraction of sp³-hybridized carbons (Fsp3) is 0.125. The number of hydrogen-bond donors (Lipinski definition) is 2. The van der Waals surface area contributed by atoms with Gasteiger partial charge >= 0.3 is 0 Å². The molecule has 1 aromatic heterocycles. The summed E-state index contributed by atoms with van der Waals surface area (Å²) < 4.78 is 13.0. The standard InChI is InChI=1S/C16H14FN3O/c17-12-5-3-4-11(10-12)16(21)18-9-8-15-19-13-6-1-2-7-14(13)20-15/h1-7,10H,8-9H2,(H,18,21)(H,19,20). The molecular formula is C16H14FN3O. The Labute approximate surface area is 121 Å². The maximum absolute atomic E-state index is 13.0. The number of carbonyl (C=O) groups excluding carboxylic acids is 1. The minimum atomic E-state index is -0.417. The molecule has 0 saturated carbocycles. The molecule has 3 rings (SSSR count). The van der Waals surface area contributed by atoms with Crippen molar-refractivity contribution in [2.45, 2.75) is 6.42 Å². The molecule has 3 aromatic rings. The third-order valence-electron chi connectivity index (χ3n) is 3.17. The van der Waals surface area contributed by atoms with Crippen molar-refractivity contribution in [3.63, 3.8) is 0 Å². The normalized spacial score (nSPS) is 10.7. The summed E-state index contributed by atoms with van der Waals surface area (Å²) in [7, 11) is 0. The Morgan fingerprint density at radius 2 is 2.05 bits per heavy atom. The third kappa shape index (κ3) is 3.08. The predicted molar refractivity (Wildman–Crippen MR) is 78.5 cm³/mol. The zero-order valence-corrected chi connectivity index (χ0v) is 11.3. The highest BCUT2D eigenvalue weighted by Crippen LogP contribution is 2.10. The number of nitrogens with one attached hydrogen (secondary N) is 2. The smallest absolute Gasteiger partial charge is 0.251 e. The number of halogens is 1. The van der Waals surface area contributed by atoms with Gasteiger partial charge in [0.2, 0.25) is 0 Å². The van der Waals surface area contributed by atoms with Crippen LogP contribution in [0.1, 0.15) is 16.2 Å². The van der Waals surface area contributed by atoms with Crippen LogP contribution in [0, 0.1) is 5.82 Å². The molecule has 1 amide bonds. The number of carbonyl (C=O) groups is 1. The number of hydrogen-bond acceptors (Lipinski definition) is 2. The van der Waals surface area contributed by atoms with E-state index in [0.29, 0.717) is 18.5 Å². The van der Waals surface area contributed by atoms with Gasteiger partial charge < -0.3 is 10.3 Å². The van der Waals surface area contributed by atoms with E-state index in [0.717, 1.165) is 16.9 Å². The number of aromatic nitrogens is 2. The van der Waals surface area contributed by atoms with Crippen molar-refractivity contribution in [1.29, 1.82) is 0 Å². The van der Waals surface area contributed by atoms with Crippen LogP contribution in [-0.2, 0) is 6.42 Å². The Kier molecular flexibility index (Phi) is 3.64. The minimum Gasteiger partial charge on any atom is -0.352 e. The summed E-state index contributed by atoms with van der Waals surface area (Å²) in [6, 6.07) is 13.4. The number of rotatable bonds is 4. The summed E-state index contributed by atoms with van der Waals surface area (Å²) in [5.74, 6) is 0.112. The van der Waals surface area contributed by atoms with E-state index in [4.69, 9.17) is 0 Å². The van der Waals surface area contributed by atoms with Crippen LogP contribution in [0.5, 0.6) is 0 Å². The molecule has 2 N–H and O–H groups in total. The van der Waals surface area contributed by atoms with Crippen LogP contribution in [0.25, 0.3) is 11.0 Å². The molecule has 1 heterocycles. The van der Waals surface area contributed by atoms with Crippen molar-refractivity contribution >= 4 is 16.9 Å². The van der Waals surface area contributed by atoms with Crippen LogP contribution < -0.4 is 5.32 Å². The maximum atomic E-state index is 13.0. The first-order valence-corrected chi connectivity index (χ1v) is 6.70. The van der Waals surface area contributed by atoms with E-state index in [1.807, 2.05) is 24.3 Å². The fourth-order valence-corrected chi connectivity index (χ4v) is 2.15. The molecule has 0 radical (unpaired) electrons. The molecule has 0 aliphatic rings. The molecule has 0 aliphatic carbocycles. The average Bonchev–Trinajstić information content (AvgIpc) is 2.89. The molecule has 0 fully saturated rings. The monoisotopic (exact) mass is 283 g/mol. The Hall–Kier alpha value is -2.69.